The summed E-state index contributed by atoms with van der Waals surface area (Å²) in [6, 6.07) is 8.82. The largest absolute Gasteiger partial charge is 0.296 e. The Balaban J connectivity index is 1.92. The fourth-order valence-corrected chi connectivity index (χ4v) is 2.32. The third-order valence-electron chi connectivity index (χ3n) is 3.85. The second-order valence-corrected chi connectivity index (χ2v) is 6.03. The molecule has 0 saturated heterocycles. The fraction of sp³-hybridized carbons (Fsp3) is 0.562. The minimum atomic E-state index is -0.157. The molecule has 1 amide bonds. The van der Waals surface area contributed by atoms with Crippen LogP contribution in [0, 0.1) is 5.92 Å². The number of hydrogen-bond acceptors (Lipinski definition) is 3. The van der Waals surface area contributed by atoms with Crippen LogP contribution in [0.2, 0.25) is 0 Å². The first-order chi connectivity index (χ1) is 9.58. The maximum atomic E-state index is 11.2. The summed E-state index contributed by atoms with van der Waals surface area (Å²) in [6.45, 7) is 6.69. The van der Waals surface area contributed by atoms with E-state index in [0.717, 1.165) is 18.0 Å². The van der Waals surface area contributed by atoms with Crippen LogP contribution in [0.25, 0.3) is 0 Å². The van der Waals surface area contributed by atoms with E-state index in [1.807, 2.05) is 12.1 Å². The van der Waals surface area contributed by atoms with Gasteiger partial charge in [0.15, 0.2) is 0 Å². The van der Waals surface area contributed by atoms with Gasteiger partial charge in [-0.05, 0) is 43.7 Å². The fourth-order valence-electron chi connectivity index (χ4n) is 2.32. The first kappa shape index (κ1) is 15.0. The van der Waals surface area contributed by atoms with E-state index >= 15 is 0 Å². The maximum absolute atomic E-state index is 11.2. The zero-order valence-corrected chi connectivity index (χ0v) is 12.4. The summed E-state index contributed by atoms with van der Waals surface area (Å²) in [4.78, 5) is 13.7. The van der Waals surface area contributed by atoms with Crippen molar-refractivity contribution in [3.63, 3.8) is 0 Å². The number of benzene rings is 1. The van der Waals surface area contributed by atoms with Crippen LogP contribution in [0.4, 0.5) is 0 Å². The van der Waals surface area contributed by atoms with Gasteiger partial charge in [0, 0.05) is 19.1 Å². The van der Waals surface area contributed by atoms with Crippen LogP contribution >= 0.6 is 0 Å². The molecule has 0 atom stereocenters. The number of carbonyl (C=O) groups is 1. The van der Waals surface area contributed by atoms with E-state index in [2.05, 4.69) is 36.3 Å². The van der Waals surface area contributed by atoms with Crippen molar-refractivity contribution in [3.05, 3.63) is 35.4 Å². The highest BCUT2D eigenvalue weighted by Crippen LogP contribution is 2.30. The van der Waals surface area contributed by atoms with Crippen LogP contribution in [0.5, 0.6) is 0 Å². The summed E-state index contributed by atoms with van der Waals surface area (Å²) in [5, 5.41) is 0. The number of carbonyl (C=O) groups excluding carboxylic acids is 1. The molecule has 4 heteroatoms. The molecule has 0 spiro atoms. The molecule has 1 aromatic carbocycles. The monoisotopic (exact) mass is 275 g/mol. The second-order valence-electron chi connectivity index (χ2n) is 6.03. The standard InChI is InChI=1S/C16H25N3O/c1-12(2)19(11-15-7-8-15)10-14-5-3-13(4-6-14)9-16(20)18-17/h3-6,12,15H,7-11,17H2,1-2H3,(H,18,20). The average Bonchev–Trinajstić information content (AvgIpc) is 3.24. The van der Waals surface area contributed by atoms with Gasteiger partial charge in [0.2, 0.25) is 5.91 Å². The molecule has 0 aromatic heterocycles. The quantitative estimate of drug-likeness (QED) is 0.453. The van der Waals surface area contributed by atoms with Crippen molar-refractivity contribution < 1.29 is 4.79 Å². The van der Waals surface area contributed by atoms with Crippen molar-refractivity contribution in [2.75, 3.05) is 6.54 Å². The summed E-state index contributed by atoms with van der Waals surface area (Å²) in [5.41, 5.74) is 4.45. The maximum Gasteiger partial charge on any atom is 0.238 e. The lowest BCUT2D eigenvalue weighted by atomic mass is 10.1. The number of rotatable bonds is 7. The summed E-state index contributed by atoms with van der Waals surface area (Å²) in [6.07, 6.45) is 3.11. The van der Waals surface area contributed by atoms with E-state index in [9.17, 15) is 4.79 Å². The smallest absolute Gasteiger partial charge is 0.238 e. The molecule has 0 bridgehead atoms. The van der Waals surface area contributed by atoms with E-state index in [0.29, 0.717) is 12.5 Å². The lowest BCUT2D eigenvalue weighted by Gasteiger charge is -2.26. The van der Waals surface area contributed by atoms with Gasteiger partial charge in [0.1, 0.15) is 0 Å². The molecule has 2 rings (SSSR count). The Hall–Kier alpha value is -1.39. The molecule has 4 nitrogen and oxygen atoms in total. The SMILES string of the molecule is CC(C)N(Cc1ccc(CC(=O)NN)cc1)CC1CC1. The van der Waals surface area contributed by atoms with Crippen molar-refractivity contribution in [1.29, 1.82) is 0 Å². The number of hydrogen-bond donors (Lipinski definition) is 2. The highest BCUT2D eigenvalue weighted by atomic mass is 16.2. The highest BCUT2D eigenvalue weighted by Gasteiger charge is 2.25. The molecule has 0 heterocycles. The first-order valence-electron chi connectivity index (χ1n) is 7.39. The molecule has 1 fully saturated rings. The first-order valence-corrected chi connectivity index (χ1v) is 7.39. The van der Waals surface area contributed by atoms with Gasteiger partial charge in [0.05, 0.1) is 6.42 Å². The molecular weight excluding hydrogens is 250 g/mol. The average molecular weight is 275 g/mol. The van der Waals surface area contributed by atoms with E-state index in [1.165, 1.54) is 24.9 Å². The zero-order valence-electron chi connectivity index (χ0n) is 12.4. The van der Waals surface area contributed by atoms with Crippen LogP contribution < -0.4 is 11.3 Å². The van der Waals surface area contributed by atoms with Gasteiger partial charge in [-0.15, -0.1) is 0 Å². The molecule has 20 heavy (non-hydrogen) atoms. The van der Waals surface area contributed by atoms with Crippen LogP contribution in [-0.2, 0) is 17.8 Å². The van der Waals surface area contributed by atoms with E-state index in [4.69, 9.17) is 5.84 Å². The Bertz CT molecular complexity index is 438. The highest BCUT2D eigenvalue weighted by molar-refractivity contribution is 5.77. The van der Waals surface area contributed by atoms with Crippen LogP contribution in [-0.4, -0.2) is 23.4 Å². The van der Waals surface area contributed by atoms with Crippen molar-refractivity contribution in [1.82, 2.24) is 10.3 Å². The topological polar surface area (TPSA) is 58.4 Å². The minimum absolute atomic E-state index is 0.157. The number of nitrogens with one attached hydrogen (secondary N) is 1. The van der Waals surface area contributed by atoms with Gasteiger partial charge in [-0.1, -0.05) is 24.3 Å². The predicted octanol–water partition coefficient (Wildman–Crippen LogP) is 1.84. The Morgan fingerprint density at radius 3 is 2.40 bits per heavy atom. The molecular formula is C16H25N3O. The summed E-state index contributed by atoms with van der Waals surface area (Å²) in [5.74, 6) is 5.85. The second kappa shape index (κ2) is 6.86. The molecule has 110 valence electrons. The van der Waals surface area contributed by atoms with E-state index in [1.54, 1.807) is 0 Å². The predicted molar refractivity (Wildman–Crippen MR) is 80.7 cm³/mol. The molecule has 0 aliphatic heterocycles. The Morgan fingerprint density at radius 2 is 1.90 bits per heavy atom. The number of hydrazine groups is 1. The number of nitrogens with zero attached hydrogens (tertiary/aromatic N) is 1. The van der Waals surface area contributed by atoms with Crippen molar-refractivity contribution in [2.45, 2.75) is 45.7 Å². The zero-order chi connectivity index (χ0) is 14.5. The van der Waals surface area contributed by atoms with Gasteiger partial charge in [-0.2, -0.15) is 0 Å². The molecule has 3 N–H and O–H groups in total. The number of amides is 1. The molecule has 1 aliphatic carbocycles. The Kier molecular flexibility index (Phi) is 5.15. The summed E-state index contributed by atoms with van der Waals surface area (Å²) >= 11 is 0. The third kappa shape index (κ3) is 4.62. The van der Waals surface area contributed by atoms with Crippen molar-refractivity contribution in [3.8, 4) is 0 Å². The van der Waals surface area contributed by atoms with Gasteiger partial charge >= 0.3 is 0 Å². The van der Waals surface area contributed by atoms with Crippen LogP contribution in [0.1, 0.15) is 37.8 Å². The van der Waals surface area contributed by atoms with Gasteiger partial charge in [0.25, 0.3) is 0 Å². The molecule has 1 aliphatic rings. The molecule has 0 radical (unpaired) electrons. The lowest BCUT2D eigenvalue weighted by Crippen LogP contribution is -2.32. The number of nitrogens with two attached hydrogens (primary N) is 1. The summed E-state index contributed by atoms with van der Waals surface area (Å²) in [7, 11) is 0. The van der Waals surface area contributed by atoms with Gasteiger partial charge in [-0.25, -0.2) is 5.84 Å². The summed E-state index contributed by atoms with van der Waals surface area (Å²) < 4.78 is 0. The van der Waals surface area contributed by atoms with Crippen molar-refractivity contribution >= 4 is 5.91 Å². The van der Waals surface area contributed by atoms with E-state index in [-0.39, 0.29) is 5.91 Å². The van der Waals surface area contributed by atoms with Crippen LogP contribution in [0.3, 0.4) is 0 Å². The van der Waals surface area contributed by atoms with Gasteiger partial charge in [-0.3, -0.25) is 15.1 Å². The van der Waals surface area contributed by atoms with E-state index < -0.39 is 0 Å². The van der Waals surface area contributed by atoms with Crippen LogP contribution in [0.15, 0.2) is 24.3 Å². The Labute approximate surface area is 121 Å². The third-order valence-corrected chi connectivity index (χ3v) is 3.85. The lowest BCUT2D eigenvalue weighted by molar-refractivity contribution is -0.120. The van der Waals surface area contributed by atoms with Gasteiger partial charge < -0.3 is 0 Å². The molecule has 1 saturated carbocycles. The Morgan fingerprint density at radius 1 is 1.30 bits per heavy atom. The molecule has 0 unspecified atom stereocenters. The minimum Gasteiger partial charge on any atom is -0.296 e. The molecule has 1 aromatic rings. The normalized spacial score (nSPS) is 14.8. The van der Waals surface area contributed by atoms with Crippen molar-refractivity contribution in [2.24, 2.45) is 11.8 Å².